The lowest BCUT2D eigenvalue weighted by Gasteiger charge is -2.26. The summed E-state index contributed by atoms with van der Waals surface area (Å²) in [5.41, 5.74) is 5.53. The van der Waals surface area contributed by atoms with Crippen molar-refractivity contribution in [3.05, 3.63) is 41.0 Å². The Bertz CT molecular complexity index is 443. The molecule has 1 N–H and O–H groups in total. The molecular weight excluding hydrogens is 232 g/mol. The molecular formula is C17H26N2. The van der Waals surface area contributed by atoms with Gasteiger partial charge in [-0.1, -0.05) is 29.8 Å². The van der Waals surface area contributed by atoms with Gasteiger partial charge in [0.2, 0.25) is 0 Å². The van der Waals surface area contributed by atoms with Crippen molar-refractivity contribution in [3.8, 4) is 0 Å². The zero-order chi connectivity index (χ0) is 13.7. The van der Waals surface area contributed by atoms with Crippen molar-refractivity contribution in [1.82, 2.24) is 10.2 Å². The lowest BCUT2D eigenvalue weighted by atomic mass is 9.99. The van der Waals surface area contributed by atoms with Crippen molar-refractivity contribution in [2.45, 2.75) is 27.2 Å². The molecule has 104 valence electrons. The Morgan fingerprint density at radius 3 is 2.68 bits per heavy atom. The van der Waals surface area contributed by atoms with Gasteiger partial charge in [-0.25, -0.2) is 0 Å². The highest BCUT2D eigenvalue weighted by Crippen LogP contribution is 2.20. The Morgan fingerprint density at radius 1 is 1.26 bits per heavy atom. The first kappa shape index (κ1) is 14.3. The molecule has 0 amide bonds. The summed E-state index contributed by atoms with van der Waals surface area (Å²) in [6.07, 6.45) is 3.54. The third-order valence-corrected chi connectivity index (χ3v) is 3.91. The molecule has 1 aliphatic heterocycles. The summed E-state index contributed by atoms with van der Waals surface area (Å²) in [7, 11) is 0. The van der Waals surface area contributed by atoms with Crippen molar-refractivity contribution >= 4 is 5.57 Å². The van der Waals surface area contributed by atoms with Crippen molar-refractivity contribution in [3.63, 3.8) is 0 Å². The SMILES string of the molecule is C/C(=C\CCN1CCNCC1)c1ccc(C)cc1C. The summed E-state index contributed by atoms with van der Waals surface area (Å²) in [4.78, 5) is 2.54. The predicted octanol–water partition coefficient (Wildman–Crippen LogP) is 3.00. The summed E-state index contributed by atoms with van der Waals surface area (Å²) < 4.78 is 0. The fourth-order valence-electron chi connectivity index (χ4n) is 2.76. The molecule has 0 spiro atoms. The van der Waals surface area contributed by atoms with Gasteiger partial charge in [0.05, 0.1) is 0 Å². The van der Waals surface area contributed by atoms with E-state index < -0.39 is 0 Å². The maximum atomic E-state index is 3.40. The van der Waals surface area contributed by atoms with E-state index in [9.17, 15) is 0 Å². The highest BCUT2D eigenvalue weighted by atomic mass is 15.2. The summed E-state index contributed by atoms with van der Waals surface area (Å²) >= 11 is 0. The monoisotopic (exact) mass is 258 g/mol. The van der Waals surface area contributed by atoms with Gasteiger partial charge >= 0.3 is 0 Å². The number of aryl methyl sites for hydroxylation is 2. The van der Waals surface area contributed by atoms with Gasteiger partial charge in [-0.2, -0.15) is 0 Å². The topological polar surface area (TPSA) is 15.3 Å². The first-order chi connectivity index (χ1) is 9.16. The Kier molecular flexibility index (Phi) is 5.17. The third-order valence-electron chi connectivity index (χ3n) is 3.91. The molecule has 0 unspecified atom stereocenters. The van der Waals surface area contributed by atoms with Crippen LogP contribution in [0.5, 0.6) is 0 Å². The number of nitrogens with one attached hydrogen (secondary N) is 1. The number of hydrogen-bond acceptors (Lipinski definition) is 2. The first-order valence-corrected chi connectivity index (χ1v) is 7.34. The van der Waals surface area contributed by atoms with Crippen LogP contribution < -0.4 is 5.32 Å². The Hall–Kier alpha value is -1.12. The van der Waals surface area contributed by atoms with E-state index in [4.69, 9.17) is 0 Å². The molecule has 1 saturated heterocycles. The third kappa shape index (κ3) is 4.19. The largest absolute Gasteiger partial charge is 0.314 e. The molecule has 1 aromatic rings. The van der Waals surface area contributed by atoms with Crippen molar-refractivity contribution in [2.24, 2.45) is 0 Å². The molecule has 1 aromatic carbocycles. The fourth-order valence-corrected chi connectivity index (χ4v) is 2.76. The average Bonchev–Trinajstić information content (AvgIpc) is 2.39. The van der Waals surface area contributed by atoms with Crippen LogP contribution in [0.15, 0.2) is 24.3 Å². The van der Waals surface area contributed by atoms with Crippen LogP contribution in [0.2, 0.25) is 0 Å². The van der Waals surface area contributed by atoms with Crippen LogP contribution >= 0.6 is 0 Å². The van der Waals surface area contributed by atoms with Crippen LogP contribution in [0.3, 0.4) is 0 Å². The van der Waals surface area contributed by atoms with E-state index in [2.05, 4.69) is 55.3 Å². The molecule has 1 heterocycles. The second kappa shape index (κ2) is 6.88. The van der Waals surface area contributed by atoms with Gasteiger partial charge in [0, 0.05) is 32.7 Å². The second-order valence-corrected chi connectivity index (χ2v) is 5.59. The van der Waals surface area contributed by atoms with E-state index in [0.717, 1.165) is 19.5 Å². The summed E-state index contributed by atoms with van der Waals surface area (Å²) in [5, 5.41) is 3.40. The Balaban J connectivity index is 1.91. The number of rotatable bonds is 4. The van der Waals surface area contributed by atoms with Crippen LogP contribution in [0.4, 0.5) is 0 Å². The lowest BCUT2D eigenvalue weighted by molar-refractivity contribution is 0.245. The van der Waals surface area contributed by atoms with Crippen molar-refractivity contribution in [1.29, 1.82) is 0 Å². The van der Waals surface area contributed by atoms with E-state index >= 15 is 0 Å². The van der Waals surface area contributed by atoms with Crippen LogP contribution in [0.25, 0.3) is 5.57 Å². The molecule has 0 bridgehead atoms. The molecule has 19 heavy (non-hydrogen) atoms. The molecule has 0 atom stereocenters. The smallest absolute Gasteiger partial charge is 0.0107 e. The number of benzene rings is 1. The minimum atomic E-state index is 1.14. The zero-order valence-electron chi connectivity index (χ0n) is 12.5. The zero-order valence-corrected chi connectivity index (χ0v) is 12.5. The molecule has 0 aromatic heterocycles. The molecule has 2 nitrogen and oxygen atoms in total. The van der Waals surface area contributed by atoms with Gasteiger partial charge in [-0.05, 0) is 43.9 Å². The van der Waals surface area contributed by atoms with Crippen molar-refractivity contribution in [2.75, 3.05) is 32.7 Å². The summed E-state index contributed by atoms with van der Waals surface area (Å²) in [6.45, 7) is 12.4. The molecule has 1 aliphatic rings. The van der Waals surface area contributed by atoms with Gasteiger partial charge in [0.1, 0.15) is 0 Å². The standard InChI is InChI=1S/C17H26N2/c1-14-6-7-17(16(3)13-14)15(2)5-4-10-19-11-8-18-9-12-19/h5-7,13,18H,4,8-12H2,1-3H3/b15-5+. The highest BCUT2D eigenvalue weighted by Gasteiger charge is 2.08. The van der Waals surface area contributed by atoms with Crippen LogP contribution in [0.1, 0.15) is 30.0 Å². The number of hydrogen-bond donors (Lipinski definition) is 1. The van der Waals surface area contributed by atoms with E-state index in [0.29, 0.717) is 0 Å². The van der Waals surface area contributed by atoms with E-state index in [1.165, 1.54) is 41.9 Å². The average molecular weight is 258 g/mol. The second-order valence-electron chi connectivity index (χ2n) is 5.59. The lowest BCUT2D eigenvalue weighted by Crippen LogP contribution is -2.43. The number of piperazine rings is 1. The van der Waals surface area contributed by atoms with E-state index in [1.807, 2.05) is 0 Å². The van der Waals surface area contributed by atoms with Gasteiger partial charge in [0.15, 0.2) is 0 Å². The normalized spacial score (nSPS) is 17.7. The van der Waals surface area contributed by atoms with E-state index in [-0.39, 0.29) is 0 Å². The highest BCUT2D eigenvalue weighted by molar-refractivity contribution is 5.66. The van der Waals surface area contributed by atoms with Crippen molar-refractivity contribution < 1.29 is 0 Å². The maximum Gasteiger partial charge on any atom is 0.0107 e. The molecule has 0 aliphatic carbocycles. The summed E-state index contributed by atoms with van der Waals surface area (Å²) in [6, 6.07) is 6.72. The van der Waals surface area contributed by atoms with Crippen LogP contribution in [-0.2, 0) is 0 Å². The fraction of sp³-hybridized carbons (Fsp3) is 0.529. The quantitative estimate of drug-likeness (QED) is 0.893. The van der Waals surface area contributed by atoms with Gasteiger partial charge in [0.25, 0.3) is 0 Å². The first-order valence-electron chi connectivity index (χ1n) is 7.34. The van der Waals surface area contributed by atoms with E-state index in [1.54, 1.807) is 0 Å². The van der Waals surface area contributed by atoms with Gasteiger partial charge < -0.3 is 10.2 Å². The summed E-state index contributed by atoms with van der Waals surface area (Å²) in [5.74, 6) is 0. The van der Waals surface area contributed by atoms with Crippen LogP contribution in [0, 0.1) is 13.8 Å². The number of allylic oxidation sites excluding steroid dienone is 1. The van der Waals surface area contributed by atoms with Gasteiger partial charge in [-0.15, -0.1) is 0 Å². The van der Waals surface area contributed by atoms with Crippen LogP contribution in [-0.4, -0.2) is 37.6 Å². The minimum absolute atomic E-state index is 1.14. The maximum absolute atomic E-state index is 3.40. The molecule has 2 heteroatoms. The molecule has 2 rings (SSSR count). The molecule has 0 saturated carbocycles. The number of nitrogens with zero attached hydrogens (tertiary/aromatic N) is 1. The Labute approximate surface area is 117 Å². The van der Waals surface area contributed by atoms with Gasteiger partial charge in [-0.3, -0.25) is 0 Å². The Morgan fingerprint density at radius 2 is 2.00 bits per heavy atom. The predicted molar refractivity (Wildman–Crippen MR) is 83.5 cm³/mol. The minimum Gasteiger partial charge on any atom is -0.314 e. The molecule has 1 fully saturated rings. The molecule has 0 radical (unpaired) electrons.